The molecule has 4 heterocycles. The number of aryl methyl sites for hydroxylation is 2. The van der Waals surface area contributed by atoms with Crippen molar-refractivity contribution >= 4 is 28.5 Å². The molecule has 0 radical (unpaired) electrons. The SMILES string of the molecule is Cc1nc(NCc2nnc(C)s2)cc(OCC2CC2c2ccc(-c3cscn3)cn2)n1. The minimum Gasteiger partial charge on any atom is -0.477 e. The van der Waals surface area contributed by atoms with Crippen molar-refractivity contribution in [2.24, 2.45) is 5.92 Å². The van der Waals surface area contributed by atoms with Gasteiger partial charge in [-0.3, -0.25) is 4.98 Å². The molecule has 0 aliphatic heterocycles. The molecule has 4 aromatic rings. The van der Waals surface area contributed by atoms with Crippen LogP contribution in [0.4, 0.5) is 5.82 Å². The molecule has 0 aromatic carbocycles. The standard InChI is InChI=1S/C21H21N7OS2/c1-12-25-19(23-8-21-28-27-13(2)31-21)6-20(26-12)29-9-15-5-16(15)17-4-3-14(7-22-17)18-10-30-11-24-18/h3-4,6-7,10-11,15-16H,5,8-9H2,1-2H3,(H,23,25,26). The van der Waals surface area contributed by atoms with Gasteiger partial charge in [-0.2, -0.15) is 4.98 Å². The molecule has 1 aliphatic rings. The highest BCUT2D eigenvalue weighted by molar-refractivity contribution is 7.11. The van der Waals surface area contributed by atoms with E-state index in [1.54, 1.807) is 22.7 Å². The zero-order chi connectivity index (χ0) is 21.2. The van der Waals surface area contributed by atoms with Crippen LogP contribution in [-0.2, 0) is 6.54 Å². The molecule has 1 aliphatic carbocycles. The van der Waals surface area contributed by atoms with Gasteiger partial charge in [0, 0.05) is 40.7 Å². The molecule has 2 atom stereocenters. The average molecular weight is 452 g/mol. The average Bonchev–Trinajstić information content (AvgIpc) is 3.12. The summed E-state index contributed by atoms with van der Waals surface area (Å²) >= 11 is 3.16. The second kappa shape index (κ2) is 8.64. The molecule has 5 rings (SSSR count). The highest BCUT2D eigenvalue weighted by Gasteiger charge is 2.40. The number of aromatic nitrogens is 6. The predicted octanol–water partition coefficient (Wildman–Crippen LogP) is 4.26. The van der Waals surface area contributed by atoms with Crippen LogP contribution in [0.5, 0.6) is 5.88 Å². The lowest BCUT2D eigenvalue weighted by molar-refractivity contribution is 0.284. The molecule has 8 nitrogen and oxygen atoms in total. The van der Waals surface area contributed by atoms with Gasteiger partial charge in [0.1, 0.15) is 21.7 Å². The Balaban J connectivity index is 1.16. The van der Waals surface area contributed by atoms with Crippen molar-refractivity contribution in [1.29, 1.82) is 0 Å². The Hall–Kier alpha value is -2.98. The summed E-state index contributed by atoms with van der Waals surface area (Å²) in [4.78, 5) is 17.8. The van der Waals surface area contributed by atoms with Crippen molar-refractivity contribution in [3.8, 4) is 17.1 Å². The molecule has 1 saturated carbocycles. The fraction of sp³-hybridized carbons (Fsp3) is 0.333. The molecule has 10 heteroatoms. The van der Waals surface area contributed by atoms with E-state index in [2.05, 4.69) is 47.6 Å². The number of hydrogen-bond acceptors (Lipinski definition) is 10. The molecule has 1 N–H and O–H groups in total. The highest BCUT2D eigenvalue weighted by Crippen LogP contribution is 2.46. The monoisotopic (exact) mass is 451 g/mol. The summed E-state index contributed by atoms with van der Waals surface area (Å²) < 4.78 is 5.99. The Labute approximate surface area is 187 Å². The Kier molecular flexibility index (Phi) is 5.56. The summed E-state index contributed by atoms with van der Waals surface area (Å²) in [7, 11) is 0. The smallest absolute Gasteiger partial charge is 0.218 e. The van der Waals surface area contributed by atoms with Gasteiger partial charge in [-0.25, -0.2) is 9.97 Å². The summed E-state index contributed by atoms with van der Waals surface area (Å²) in [6.45, 7) is 5.00. The molecule has 1 fully saturated rings. The van der Waals surface area contributed by atoms with Gasteiger partial charge in [0.25, 0.3) is 0 Å². The number of pyridine rings is 1. The van der Waals surface area contributed by atoms with Gasteiger partial charge in [0.05, 0.1) is 24.4 Å². The number of thiazole rings is 1. The zero-order valence-corrected chi connectivity index (χ0v) is 18.8. The van der Waals surface area contributed by atoms with Gasteiger partial charge in [-0.1, -0.05) is 11.3 Å². The first-order valence-electron chi connectivity index (χ1n) is 10.00. The molecule has 0 amide bonds. The van der Waals surface area contributed by atoms with Crippen molar-refractivity contribution in [3.05, 3.63) is 56.8 Å². The van der Waals surface area contributed by atoms with Gasteiger partial charge in [0.15, 0.2) is 0 Å². The number of ether oxygens (including phenoxy) is 1. The Morgan fingerprint density at radius 2 is 2.10 bits per heavy atom. The third kappa shape index (κ3) is 4.86. The topological polar surface area (TPSA) is 98.6 Å². The minimum atomic E-state index is 0.436. The lowest BCUT2D eigenvalue weighted by Crippen LogP contribution is -2.07. The summed E-state index contributed by atoms with van der Waals surface area (Å²) in [5.74, 6) is 2.86. The van der Waals surface area contributed by atoms with Crippen molar-refractivity contribution < 1.29 is 4.74 Å². The van der Waals surface area contributed by atoms with Crippen LogP contribution >= 0.6 is 22.7 Å². The first-order valence-corrected chi connectivity index (χ1v) is 11.8. The van der Waals surface area contributed by atoms with Crippen molar-refractivity contribution in [2.75, 3.05) is 11.9 Å². The van der Waals surface area contributed by atoms with Crippen LogP contribution in [0.2, 0.25) is 0 Å². The van der Waals surface area contributed by atoms with Crippen LogP contribution in [0.1, 0.15) is 33.9 Å². The van der Waals surface area contributed by atoms with E-state index in [1.165, 1.54) is 0 Å². The van der Waals surface area contributed by atoms with Crippen molar-refractivity contribution in [1.82, 2.24) is 30.1 Å². The van der Waals surface area contributed by atoms with Crippen LogP contribution < -0.4 is 10.1 Å². The largest absolute Gasteiger partial charge is 0.477 e. The molecule has 0 saturated heterocycles. The van der Waals surface area contributed by atoms with E-state index in [-0.39, 0.29) is 0 Å². The Morgan fingerprint density at radius 3 is 2.84 bits per heavy atom. The quantitative estimate of drug-likeness (QED) is 0.424. The first kappa shape index (κ1) is 20.0. The van der Waals surface area contributed by atoms with Crippen LogP contribution in [0, 0.1) is 19.8 Å². The van der Waals surface area contributed by atoms with E-state index >= 15 is 0 Å². The summed E-state index contributed by atoms with van der Waals surface area (Å²) in [6.07, 6.45) is 2.99. The maximum absolute atomic E-state index is 5.99. The molecule has 2 unspecified atom stereocenters. The van der Waals surface area contributed by atoms with Crippen LogP contribution in [-0.4, -0.2) is 36.7 Å². The second-order valence-electron chi connectivity index (χ2n) is 7.47. The minimum absolute atomic E-state index is 0.436. The number of nitrogens with one attached hydrogen (secondary N) is 1. The maximum Gasteiger partial charge on any atom is 0.218 e. The fourth-order valence-electron chi connectivity index (χ4n) is 3.40. The van der Waals surface area contributed by atoms with Gasteiger partial charge in [-0.05, 0) is 32.4 Å². The van der Waals surface area contributed by atoms with Crippen LogP contribution in [0.15, 0.2) is 35.3 Å². The third-order valence-electron chi connectivity index (χ3n) is 5.07. The van der Waals surface area contributed by atoms with E-state index in [4.69, 9.17) is 4.74 Å². The number of nitrogens with zero attached hydrogens (tertiary/aromatic N) is 6. The third-order valence-corrected chi connectivity index (χ3v) is 6.49. The van der Waals surface area contributed by atoms with Gasteiger partial charge in [-0.15, -0.1) is 21.5 Å². The fourth-order valence-corrected chi connectivity index (χ4v) is 4.61. The van der Waals surface area contributed by atoms with Crippen LogP contribution in [0.25, 0.3) is 11.3 Å². The Bertz CT molecular complexity index is 1160. The normalized spacial score (nSPS) is 17.5. The van der Waals surface area contributed by atoms with E-state index in [0.29, 0.717) is 36.7 Å². The number of rotatable bonds is 8. The van der Waals surface area contributed by atoms with Crippen LogP contribution in [0.3, 0.4) is 0 Å². The molecule has 0 bridgehead atoms. The number of hydrogen-bond donors (Lipinski definition) is 1. The molecule has 4 aromatic heterocycles. The second-order valence-corrected chi connectivity index (χ2v) is 9.45. The highest BCUT2D eigenvalue weighted by atomic mass is 32.1. The van der Waals surface area contributed by atoms with E-state index in [0.717, 1.165) is 39.2 Å². The van der Waals surface area contributed by atoms with Gasteiger partial charge in [0.2, 0.25) is 5.88 Å². The maximum atomic E-state index is 5.99. The summed E-state index contributed by atoms with van der Waals surface area (Å²) in [6, 6.07) is 6.03. The number of anilines is 1. The lowest BCUT2D eigenvalue weighted by atomic mass is 10.1. The zero-order valence-electron chi connectivity index (χ0n) is 17.1. The van der Waals surface area contributed by atoms with Crippen molar-refractivity contribution in [3.63, 3.8) is 0 Å². The first-order chi connectivity index (χ1) is 15.1. The van der Waals surface area contributed by atoms with Crippen molar-refractivity contribution in [2.45, 2.75) is 32.7 Å². The van der Waals surface area contributed by atoms with E-state index < -0.39 is 0 Å². The molecular formula is C21H21N7OS2. The van der Waals surface area contributed by atoms with E-state index in [9.17, 15) is 0 Å². The Morgan fingerprint density at radius 1 is 1.16 bits per heavy atom. The summed E-state index contributed by atoms with van der Waals surface area (Å²) in [5, 5.41) is 15.3. The molecule has 158 valence electrons. The lowest BCUT2D eigenvalue weighted by Gasteiger charge is -2.09. The summed E-state index contributed by atoms with van der Waals surface area (Å²) in [5.41, 5.74) is 4.98. The van der Waals surface area contributed by atoms with Gasteiger partial charge >= 0.3 is 0 Å². The molecule has 0 spiro atoms. The van der Waals surface area contributed by atoms with E-state index in [1.807, 2.05) is 37.0 Å². The predicted molar refractivity (Wildman–Crippen MR) is 120 cm³/mol. The molecule has 31 heavy (non-hydrogen) atoms. The van der Waals surface area contributed by atoms with Gasteiger partial charge < -0.3 is 10.1 Å². The molecular weight excluding hydrogens is 430 g/mol.